The predicted molar refractivity (Wildman–Crippen MR) is 68.7 cm³/mol. The lowest BCUT2D eigenvalue weighted by atomic mass is 10.0. The molecule has 0 unspecified atom stereocenters. The lowest BCUT2D eigenvalue weighted by Gasteiger charge is -2.12. The highest BCUT2D eigenvalue weighted by Crippen LogP contribution is 2.10. The number of hydrogen-bond donors (Lipinski definition) is 2. The highest BCUT2D eigenvalue weighted by molar-refractivity contribution is 5.96. The number of aromatic nitrogens is 2. The van der Waals surface area contributed by atoms with Gasteiger partial charge in [0.1, 0.15) is 0 Å². The summed E-state index contributed by atoms with van der Waals surface area (Å²) in [6.07, 6.45) is 3.82. The molecule has 1 aromatic rings. The molecule has 0 aromatic carbocycles. The summed E-state index contributed by atoms with van der Waals surface area (Å²) in [5, 5.41) is 7.02. The van der Waals surface area contributed by atoms with Gasteiger partial charge in [0.2, 0.25) is 0 Å². The zero-order valence-electron chi connectivity index (χ0n) is 10.9. The predicted octanol–water partition coefficient (Wildman–Crippen LogP) is 1.65. The number of rotatable bonds is 6. The van der Waals surface area contributed by atoms with E-state index in [0.29, 0.717) is 30.4 Å². The van der Waals surface area contributed by atoms with Gasteiger partial charge in [0.15, 0.2) is 5.69 Å². The maximum absolute atomic E-state index is 11.9. The van der Waals surface area contributed by atoms with Crippen molar-refractivity contribution in [2.24, 2.45) is 5.92 Å². The van der Waals surface area contributed by atoms with E-state index in [-0.39, 0.29) is 5.91 Å². The molecular formula is C12H22N4O. The summed E-state index contributed by atoms with van der Waals surface area (Å²) in [6.45, 7) is 7.60. The molecule has 1 aromatic heterocycles. The number of carbonyl (C=O) groups excluding carboxylic acids is 1. The minimum absolute atomic E-state index is 0.179. The van der Waals surface area contributed by atoms with Crippen LogP contribution >= 0.6 is 0 Å². The molecule has 0 atom stereocenters. The molecule has 1 amide bonds. The van der Waals surface area contributed by atoms with Crippen molar-refractivity contribution in [1.82, 2.24) is 15.1 Å². The molecule has 0 fully saturated rings. The first-order valence-corrected chi connectivity index (χ1v) is 6.23. The van der Waals surface area contributed by atoms with E-state index < -0.39 is 0 Å². The van der Waals surface area contributed by atoms with Crippen LogP contribution in [-0.4, -0.2) is 22.2 Å². The fraction of sp³-hybridized carbons (Fsp3) is 0.667. The number of amides is 1. The molecule has 17 heavy (non-hydrogen) atoms. The number of nitrogens with one attached hydrogen (secondary N) is 1. The SMILES string of the molecule is CCC(CC)CNC(=O)c1nn(CC)cc1N. The van der Waals surface area contributed by atoms with Crippen LogP contribution in [0.5, 0.6) is 0 Å². The van der Waals surface area contributed by atoms with E-state index in [1.54, 1.807) is 10.9 Å². The number of nitrogen functional groups attached to an aromatic ring is 1. The van der Waals surface area contributed by atoms with Crippen molar-refractivity contribution in [3.05, 3.63) is 11.9 Å². The van der Waals surface area contributed by atoms with Gasteiger partial charge in [-0.2, -0.15) is 5.10 Å². The van der Waals surface area contributed by atoms with Crippen LogP contribution in [0.2, 0.25) is 0 Å². The quantitative estimate of drug-likeness (QED) is 0.791. The zero-order valence-corrected chi connectivity index (χ0v) is 10.9. The number of hydrogen-bond acceptors (Lipinski definition) is 3. The van der Waals surface area contributed by atoms with E-state index in [1.807, 2.05) is 6.92 Å². The average molecular weight is 238 g/mol. The molecule has 1 rings (SSSR count). The number of carbonyl (C=O) groups is 1. The van der Waals surface area contributed by atoms with Crippen molar-refractivity contribution in [2.75, 3.05) is 12.3 Å². The van der Waals surface area contributed by atoms with E-state index in [1.165, 1.54) is 0 Å². The number of anilines is 1. The molecule has 0 radical (unpaired) electrons. The van der Waals surface area contributed by atoms with Crippen LogP contribution in [-0.2, 0) is 6.54 Å². The minimum Gasteiger partial charge on any atom is -0.396 e. The fourth-order valence-electron chi connectivity index (χ4n) is 1.67. The second kappa shape index (κ2) is 6.27. The Kier molecular flexibility index (Phi) is 5.00. The topological polar surface area (TPSA) is 72.9 Å². The Labute approximate surface area is 102 Å². The summed E-state index contributed by atoms with van der Waals surface area (Å²) >= 11 is 0. The van der Waals surface area contributed by atoms with Gasteiger partial charge in [-0.15, -0.1) is 0 Å². The van der Waals surface area contributed by atoms with Crippen molar-refractivity contribution in [3.63, 3.8) is 0 Å². The molecular weight excluding hydrogens is 216 g/mol. The molecule has 0 saturated carbocycles. The minimum atomic E-state index is -0.179. The molecule has 0 bridgehead atoms. The van der Waals surface area contributed by atoms with E-state index in [4.69, 9.17) is 5.73 Å². The Morgan fingerprint density at radius 3 is 2.59 bits per heavy atom. The van der Waals surface area contributed by atoms with Gasteiger partial charge < -0.3 is 11.1 Å². The molecule has 3 N–H and O–H groups in total. The largest absolute Gasteiger partial charge is 0.396 e. The van der Waals surface area contributed by atoms with Crippen LogP contribution in [0.15, 0.2) is 6.20 Å². The lowest BCUT2D eigenvalue weighted by Crippen LogP contribution is -2.29. The molecule has 0 aliphatic carbocycles. The van der Waals surface area contributed by atoms with Crippen molar-refractivity contribution >= 4 is 11.6 Å². The summed E-state index contributed by atoms with van der Waals surface area (Å²) in [7, 11) is 0. The second-order valence-electron chi connectivity index (χ2n) is 4.18. The first-order chi connectivity index (χ1) is 8.12. The van der Waals surface area contributed by atoms with Crippen molar-refractivity contribution in [3.8, 4) is 0 Å². The van der Waals surface area contributed by atoms with Gasteiger partial charge in [-0.25, -0.2) is 0 Å². The monoisotopic (exact) mass is 238 g/mol. The van der Waals surface area contributed by atoms with Crippen LogP contribution in [0.3, 0.4) is 0 Å². The van der Waals surface area contributed by atoms with Crippen molar-refractivity contribution in [1.29, 1.82) is 0 Å². The van der Waals surface area contributed by atoms with Crippen LogP contribution in [0, 0.1) is 5.92 Å². The van der Waals surface area contributed by atoms with Gasteiger partial charge in [0, 0.05) is 19.3 Å². The smallest absolute Gasteiger partial charge is 0.273 e. The van der Waals surface area contributed by atoms with Crippen molar-refractivity contribution < 1.29 is 4.79 Å². The van der Waals surface area contributed by atoms with Gasteiger partial charge in [0.25, 0.3) is 5.91 Å². The van der Waals surface area contributed by atoms with Gasteiger partial charge in [-0.3, -0.25) is 9.48 Å². The third-order valence-corrected chi connectivity index (χ3v) is 3.04. The summed E-state index contributed by atoms with van der Waals surface area (Å²) in [5.41, 5.74) is 6.52. The van der Waals surface area contributed by atoms with E-state index in [2.05, 4.69) is 24.3 Å². The first-order valence-electron chi connectivity index (χ1n) is 6.23. The zero-order chi connectivity index (χ0) is 12.8. The van der Waals surface area contributed by atoms with Crippen molar-refractivity contribution in [2.45, 2.75) is 40.2 Å². The molecule has 0 aliphatic heterocycles. The maximum Gasteiger partial charge on any atom is 0.273 e. The fourth-order valence-corrected chi connectivity index (χ4v) is 1.67. The van der Waals surface area contributed by atoms with Crippen LogP contribution in [0.1, 0.15) is 44.1 Å². The van der Waals surface area contributed by atoms with Gasteiger partial charge in [-0.05, 0) is 12.8 Å². The Morgan fingerprint density at radius 1 is 1.47 bits per heavy atom. The summed E-state index contributed by atoms with van der Waals surface area (Å²) < 4.78 is 1.67. The highest BCUT2D eigenvalue weighted by atomic mass is 16.2. The molecule has 96 valence electrons. The molecule has 0 spiro atoms. The molecule has 5 heteroatoms. The Morgan fingerprint density at radius 2 is 2.12 bits per heavy atom. The Balaban J connectivity index is 2.60. The molecule has 0 aliphatic rings. The van der Waals surface area contributed by atoms with E-state index in [9.17, 15) is 4.79 Å². The normalized spacial score (nSPS) is 10.8. The Bertz CT molecular complexity index is 369. The van der Waals surface area contributed by atoms with E-state index >= 15 is 0 Å². The number of nitrogens with two attached hydrogens (primary N) is 1. The Hall–Kier alpha value is -1.52. The van der Waals surface area contributed by atoms with Crippen LogP contribution in [0.25, 0.3) is 0 Å². The highest BCUT2D eigenvalue weighted by Gasteiger charge is 2.15. The molecule has 0 saturated heterocycles. The van der Waals surface area contributed by atoms with Gasteiger partial charge in [0.05, 0.1) is 5.69 Å². The first kappa shape index (κ1) is 13.5. The number of nitrogens with zero attached hydrogens (tertiary/aromatic N) is 2. The molecule has 5 nitrogen and oxygen atoms in total. The van der Waals surface area contributed by atoms with Crippen LogP contribution in [0.4, 0.5) is 5.69 Å². The summed E-state index contributed by atoms with van der Waals surface area (Å²) in [5.74, 6) is 0.343. The van der Waals surface area contributed by atoms with E-state index in [0.717, 1.165) is 12.8 Å². The third-order valence-electron chi connectivity index (χ3n) is 3.04. The molecule has 1 heterocycles. The van der Waals surface area contributed by atoms with Gasteiger partial charge >= 0.3 is 0 Å². The lowest BCUT2D eigenvalue weighted by molar-refractivity contribution is 0.0941. The number of aryl methyl sites for hydroxylation is 1. The second-order valence-corrected chi connectivity index (χ2v) is 4.18. The average Bonchev–Trinajstić information content (AvgIpc) is 2.71. The maximum atomic E-state index is 11.9. The van der Waals surface area contributed by atoms with Crippen LogP contribution < -0.4 is 11.1 Å². The summed E-state index contributed by atoms with van der Waals surface area (Å²) in [6, 6.07) is 0. The standard InChI is InChI=1S/C12H22N4O/c1-4-9(5-2)7-14-12(17)11-10(13)8-16(6-3)15-11/h8-9H,4-7,13H2,1-3H3,(H,14,17). The van der Waals surface area contributed by atoms with Gasteiger partial charge in [-0.1, -0.05) is 26.7 Å². The third kappa shape index (κ3) is 3.47. The summed E-state index contributed by atoms with van der Waals surface area (Å²) in [4.78, 5) is 11.9.